The molecule has 3 rings (SSSR count). The van der Waals surface area contributed by atoms with Gasteiger partial charge in [0.15, 0.2) is 5.82 Å². The number of nitrogen functional groups attached to an aromatic ring is 2. The molecule has 1 fully saturated rings. The van der Waals surface area contributed by atoms with Gasteiger partial charge in [-0.15, -0.1) is 0 Å². The molecule has 2 heterocycles. The zero-order valence-corrected chi connectivity index (χ0v) is 20.3. The van der Waals surface area contributed by atoms with Crippen molar-refractivity contribution in [2.45, 2.75) is 68.3 Å². The molecule has 0 bridgehead atoms. The van der Waals surface area contributed by atoms with Crippen LogP contribution in [0.2, 0.25) is 0 Å². The Labute approximate surface area is 200 Å². The number of ether oxygens (including phenoxy) is 1. The number of alkyl halides is 3. The predicted octanol–water partition coefficient (Wildman–Crippen LogP) is 4.68. The van der Waals surface area contributed by atoms with E-state index in [1.165, 1.54) is 24.4 Å². The minimum absolute atomic E-state index is 0.00688. The number of carbonyl (C=O) groups excluding carboxylic acids is 1. The van der Waals surface area contributed by atoms with Gasteiger partial charge in [0.1, 0.15) is 16.4 Å². The normalized spacial score (nSPS) is 21.4. The summed E-state index contributed by atoms with van der Waals surface area (Å²) in [5.41, 5.74) is 14.7. The molecule has 2 atom stereocenters. The van der Waals surface area contributed by atoms with Crippen LogP contribution in [0, 0.1) is 5.41 Å². The van der Waals surface area contributed by atoms with Crippen LogP contribution < -0.4 is 22.1 Å². The Bertz CT molecular complexity index is 1080. The fourth-order valence-electron chi connectivity index (χ4n) is 4.16. The Hall–Kier alpha value is -2.89. The van der Waals surface area contributed by atoms with Crippen LogP contribution >= 0.6 is 11.8 Å². The summed E-state index contributed by atoms with van der Waals surface area (Å²) < 4.78 is 45.9. The summed E-state index contributed by atoms with van der Waals surface area (Å²) in [6, 6.07) is 3.86. The van der Waals surface area contributed by atoms with Gasteiger partial charge in [0.2, 0.25) is 0 Å². The first-order chi connectivity index (χ1) is 15.6. The minimum Gasteiger partial charge on any atom is -0.443 e. The van der Waals surface area contributed by atoms with Gasteiger partial charge in [-0.1, -0.05) is 38.6 Å². The molecule has 0 saturated carbocycles. The van der Waals surface area contributed by atoms with Gasteiger partial charge in [-0.3, -0.25) is 0 Å². The first-order valence-corrected chi connectivity index (χ1v) is 11.4. The summed E-state index contributed by atoms with van der Waals surface area (Å²) in [4.78, 5) is 22.1. The zero-order chi connectivity index (χ0) is 25.5. The molecular formula is C22H29F3N6O2S. The van der Waals surface area contributed by atoms with Crippen LogP contribution in [0.15, 0.2) is 34.3 Å². The van der Waals surface area contributed by atoms with Gasteiger partial charge in [-0.25, -0.2) is 14.8 Å². The lowest BCUT2D eigenvalue weighted by Gasteiger charge is -2.49. The highest BCUT2D eigenvalue weighted by Gasteiger charge is 2.44. The maximum atomic E-state index is 13.5. The molecule has 0 spiro atoms. The van der Waals surface area contributed by atoms with E-state index in [1.54, 1.807) is 0 Å². The first kappa shape index (κ1) is 25.7. The van der Waals surface area contributed by atoms with Crippen LogP contribution in [-0.2, 0) is 10.9 Å². The van der Waals surface area contributed by atoms with Crippen molar-refractivity contribution >= 4 is 35.2 Å². The lowest BCUT2D eigenvalue weighted by Crippen LogP contribution is -2.56. The molecule has 34 heavy (non-hydrogen) atoms. The number of rotatable bonds is 4. The van der Waals surface area contributed by atoms with Crippen LogP contribution in [0.1, 0.15) is 46.1 Å². The fraction of sp³-hybridized carbons (Fsp3) is 0.500. The van der Waals surface area contributed by atoms with Crippen molar-refractivity contribution in [3.05, 3.63) is 30.0 Å². The summed E-state index contributed by atoms with van der Waals surface area (Å²) in [6.07, 6.45) is -2.93. The molecule has 0 radical (unpaired) electrons. The second kappa shape index (κ2) is 9.05. The van der Waals surface area contributed by atoms with Gasteiger partial charge >= 0.3 is 12.3 Å². The lowest BCUT2D eigenvalue weighted by molar-refractivity contribution is -0.139. The van der Waals surface area contributed by atoms with E-state index in [0.717, 1.165) is 11.8 Å². The molecular weight excluding hydrogens is 469 g/mol. The number of carbonyl (C=O) groups is 1. The molecule has 6 N–H and O–H groups in total. The standard InChI is InChI=1S/C22H29F3N6O2S/c1-20(2,3)14-10-21(4,33-19(28)32)8-9-31(14)15-11-29-18(17(27)30-15)34-13-7-5-6-12(26)16(13)22(23,24)25/h5-7,11,14H,8-10,26H2,1-4H3,(H2,27,30)(H2,28,32). The number of benzene rings is 1. The van der Waals surface area contributed by atoms with E-state index in [4.69, 9.17) is 21.9 Å². The Morgan fingerprint density at radius 3 is 2.50 bits per heavy atom. The van der Waals surface area contributed by atoms with Crippen molar-refractivity contribution in [3.8, 4) is 0 Å². The van der Waals surface area contributed by atoms with Crippen molar-refractivity contribution < 1.29 is 22.7 Å². The maximum Gasteiger partial charge on any atom is 0.419 e. The number of nitrogens with two attached hydrogens (primary N) is 3. The van der Waals surface area contributed by atoms with Crippen LogP contribution in [-0.4, -0.2) is 34.2 Å². The van der Waals surface area contributed by atoms with Crippen LogP contribution in [0.3, 0.4) is 0 Å². The summed E-state index contributed by atoms with van der Waals surface area (Å²) in [6.45, 7) is 8.51. The molecule has 1 amide bonds. The van der Waals surface area contributed by atoms with Crippen molar-refractivity contribution in [3.63, 3.8) is 0 Å². The van der Waals surface area contributed by atoms with Gasteiger partial charge in [-0.05, 0) is 24.5 Å². The van der Waals surface area contributed by atoms with E-state index in [1.807, 2.05) is 11.8 Å². The zero-order valence-electron chi connectivity index (χ0n) is 19.4. The lowest BCUT2D eigenvalue weighted by atomic mass is 9.75. The second-order valence-electron chi connectivity index (χ2n) is 9.64. The first-order valence-electron chi connectivity index (χ1n) is 10.6. The third-order valence-corrected chi connectivity index (χ3v) is 6.89. The number of piperidine rings is 1. The topological polar surface area (TPSA) is 133 Å². The molecule has 1 aromatic heterocycles. The third kappa shape index (κ3) is 5.60. The largest absolute Gasteiger partial charge is 0.443 e. The minimum atomic E-state index is -4.62. The summed E-state index contributed by atoms with van der Waals surface area (Å²) in [5, 5.41) is 0.145. The second-order valence-corrected chi connectivity index (χ2v) is 10.7. The fourth-order valence-corrected chi connectivity index (χ4v) is 5.10. The quantitative estimate of drug-likeness (QED) is 0.518. The Balaban J connectivity index is 1.91. The van der Waals surface area contributed by atoms with Crippen LogP contribution in [0.5, 0.6) is 0 Å². The average Bonchev–Trinajstić information content (AvgIpc) is 2.67. The molecule has 1 saturated heterocycles. The van der Waals surface area contributed by atoms with Gasteiger partial charge < -0.3 is 26.8 Å². The Morgan fingerprint density at radius 1 is 1.26 bits per heavy atom. The number of aromatic nitrogens is 2. The Kier molecular flexibility index (Phi) is 6.84. The summed E-state index contributed by atoms with van der Waals surface area (Å²) in [7, 11) is 0. The van der Waals surface area contributed by atoms with E-state index >= 15 is 0 Å². The number of primary amides is 1. The number of nitrogens with zero attached hydrogens (tertiary/aromatic N) is 3. The SMILES string of the molecule is CC1(OC(N)=O)CCN(c2cnc(Sc3cccc(N)c3C(F)(F)F)c(N)n2)C(C(C)(C)C)C1. The average molecular weight is 499 g/mol. The molecule has 12 heteroatoms. The Morgan fingerprint density at radius 2 is 1.94 bits per heavy atom. The van der Waals surface area contributed by atoms with Gasteiger partial charge in [-0.2, -0.15) is 13.2 Å². The van der Waals surface area contributed by atoms with Crippen LogP contribution in [0.25, 0.3) is 0 Å². The molecule has 1 aliphatic heterocycles. The van der Waals surface area contributed by atoms with Gasteiger partial charge in [0, 0.05) is 36.0 Å². The number of hydrogen-bond donors (Lipinski definition) is 3. The monoisotopic (exact) mass is 498 g/mol. The molecule has 1 aliphatic rings. The third-order valence-electron chi connectivity index (χ3n) is 5.82. The molecule has 186 valence electrons. The number of hydrogen-bond acceptors (Lipinski definition) is 8. The summed E-state index contributed by atoms with van der Waals surface area (Å²) >= 11 is 0.762. The molecule has 2 aromatic rings. The van der Waals surface area contributed by atoms with E-state index in [-0.39, 0.29) is 32.9 Å². The van der Waals surface area contributed by atoms with Crippen molar-refractivity contribution in [2.75, 3.05) is 22.9 Å². The highest BCUT2D eigenvalue weighted by molar-refractivity contribution is 7.99. The van der Waals surface area contributed by atoms with E-state index in [2.05, 4.69) is 30.7 Å². The van der Waals surface area contributed by atoms with Gasteiger partial charge in [0.05, 0.1) is 11.8 Å². The van der Waals surface area contributed by atoms with Gasteiger partial charge in [0.25, 0.3) is 0 Å². The number of anilines is 3. The van der Waals surface area contributed by atoms with Crippen molar-refractivity contribution in [1.29, 1.82) is 0 Å². The number of halogens is 3. The van der Waals surface area contributed by atoms with Crippen molar-refractivity contribution in [2.24, 2.45) is 11.1 Å². The smallest absolute Gasteiger partial charge is 0.419 e. The van der Waals surface area contributed by atoms with E-state index in [0.29, 0.717) is 25.2 Å². The maximum absolute atomic E-state index is 13.5. The highest BCUT2D eigenvalue weighted by Crippen LogP contribution is 2.44. The van der Waals surface area contributed by atoms with Crippen molar-refractivity contribution in [1.82, 2.24) is 9.97 Å². The van der Waals surface area contributed by atoms with E-state index < -0.39 is 23.4 Å². The van der Waals surface area contributed by atoms with E-state index in [9.17, 15) is 18.0 Å². The highest BCUT2D eigenvalue weighted by atomic mass is 32.2. The van der Waals surface area contributed by atoms with Crippen LogP contribution in [0.4, 0.5) is 35.3 Å². The number of amides is 1. The molecule has 8 nitrogen and oxygen atoms in total. The molecule has 1 aromatic carbocycles. The molecule has 2 unspecified atom stereocenters. The molecule has 0 aliphatic carbocycles. The summed E-state index contributed by atoms with van der Waals surface area (Å²) in [5.74, 6) is 0.499. The predicted molar refractivity (Wildman–Crippen MR) is 125 cm³/mol.